The third kappa shape index (κ3) is 8.91. The maximum Gasteiger partial charge on any atom is 0.408 e. The number of aliphatic hydroxyl groups excluding tert-OH is 1. The molecule has 3 N–H and O–H groups in total. The summed E-state index contributed by atoms with van der Waals surface area (Å²) < 4.78 is 5.47. The van der Waals surface area contributed by atoms with Crippen LogP contribution in [0.25, 0.3) is 0 Å². The van der Waals surface area contributed by atoms with Crippen molar-refractivity contribution in [3.05, 3.63) is 101 Å². The van der Waals surface area contributed by atoms with Crippen molar-refractivity contribution < 1.29 is 24.2 Å². The lowest BCUT2D eigenvalue weighted by Crippen LogP contribution is -2.54. The topological polar surface area (TPSA) is 108 Å². The Hall–Kier alpha value is -4.17. The van der Waals surface area contributed by atoms with E-state index in [9.17, 15) is 19.5 Å². The second kappa shape index (κ2) is 13.9. The lowest BCUT2D eigenvalue weighted by molar-refractivity contribution is -0.141. The van der Waals surface area contributed by atoms with Gasteiger partial charge >= 0.3 is 6.09 Å². The number of para-hydroxylation sites is 1. The van der Waals surface area contributed by atoms with Crippen LogP contribution in [0.4, 0.5) is 10.5 Å². The summed E-state index contributed by atoms with van der Waals surface area (Å²) >= 11 is 0. The van der Waals surface area contributed by atoms with E-state index in [1.54, 1.807) is 26.8 Å². The Kier molecular flexibility index (Phi) is 10.7. The lowest BCUT2D eigenvalue weighted by Gasteiger charge is -2.35. The first-order chi connectivity index (χ1) is 19.4. The van der Waals surface area contributed by atoms with E-state index < -0.39 is 35.6 Å². The molecule has 0 fully saturated rings. The first-order valence-corrected chi connectivity index (χ1v) is 13.8. The molecular formula is C33H41N3O5. The largest absolute Gasteiger partial charge is 0.444 e. The van der Waals surface area contributed by atoms with Gasteiger partial charge in [0.2, 0.25) is 5.91 Å². The van der Waals surface area contributed by atoms with Crippen LogP contribution in [0.15, 0.2) is 72.8 Å². The molecular weight excluding hydrogens is 518 g/mol. The highest BCUT2D eigenvalue weighted by Gasteiger charge is 2.37. The van der Waals surface area contributed by atoms with Crippen LogP contribution in [0.1, 0.15) is 54.6 Å². The van der Waals surface area contributed by atoms with Gasteiger partial charge in [0.1, 0.15) is 17.7 Å². The van der Waals surface area contributed by atoms with Crippen molar-refractivity contribution in [1.29, 1.82) is 0 Å². The van der Waals surface area contributed by atoms with Gasteiger partial charge in [-0.05, 0) is 69.9 Å². The van der Waals surface area contributed by atoms with Gasteiger partial charge in [0.15, 0.2) is 0 Å². The molecule has 0 aromatic heterocycles. The number of rotatable bonds is 10. The number of nitrogens with zero attached hydrogens (tertiary/aromatic N) is 1. The Morgan fingerprint density at radius 1 is 0.902 bits per heavy atom. The van der Waals surface area contributed by atoms with E-state index in [0.29, 0.717) is 11.3 Å². The molecule has 41 heavy (non-hydrogen) atoms. The van der Waals surface area contributed by atoms with Crippen molar-refractivity contribution in [2.45, 2.75) is 65.6 Å². The Labute approximate surface area is 242 Å². The Balaban J connectivity index is 2.08. The summed E-state index contributed by atoms with van der Waals surface area (Å²) in [6.07, 6.45) is -0.580. The number of alkyl carbamates (subject to hydrolysis) is 1. The van der Waals surface area contributed by atoms with Gasteiger partial charge in [0.25, 0.3) is 5.91 Å². The maximum absolute atomic E-state index is 14.3. The van der Waals surface area contributed by atoms with Crippen LogP contribution in [0.2, 0.25) is 0 Å². The number of carbonyl (C=O) groups is 3. The van der Waals surface area contributed by atoms with Crippen molar-refractivity contribution in [1.82, 2.24) is 10.2 Å². The van der Waals surface area contributed by atoms with Gasteiger partial charge in [-0.2, -0.15) is 0 Å². The van der Waals surface area contributed by atoms with Crippen molar-refractivity contribution in [3.8, 4) is 0 Å². The highest BCUT2D eigenvalue weighted by atomic mass is 16.6. The molecule has 2 atom stereocenters. The van der Waals surface area contributed by atoms with Gasteiger partial charge in [-0.3, -0.25) is 9.59 Å². The highest BCUT2D eigenvalue weighted by Crippen LogP contribution is 2.29. The maximum atomic E-state index is 14.3. The first-order valence-electron chi connectivity index (χ1n) is 13.8. The lowest BCUT2D eigenvalue weighted by atomic mass is 9.95. The fourth-order valence-electron chi connectivity index (χ4n) is 4.59. The molecule has 0 radical (unpaired) electrons. The minimum atomic E-state index is -1.08. The molecule has 218 valence electrons. The van der Waals surface area contributed by atoms with Crippen LogP contribution in [0.5, 0.6) is 0 Å². The van der Waals surface area contributed by atoms with Gasteiger partial charge in [-0.25, -0.2) is 4.79 Å². The molecule has 0 heterocycles. The predicted molar refractivity (Wildman–Crippen MR) is 161 cm³/mol. The van der Waals surface area contributed by atoms with Crippen LogP contribution < -0.4 is 10.6 Å². The Morgan fingerprint density at radius 2 is 1.56 bits per heavy atom. The Morgan fingerprint density at radius 3 is 2.20 bits per heavy atom. The number of amides is 3. The monoisotopic (exact) mass is 559 g/mol. The zero-order chi connectivity index (χ0) is 30.2. The molecule has 3 aromatic carbocycles. The van der Waals surface area contributed by atoms with E-state index in [2.05, 4.69) is 10.6 Å². The van der Waals surface area contributed by atoms with Crippen LogP contribution in [-0.2, 0) is 20.7 Å². The summed E-state index contributed by atoms with van der Waals surface area (Å²) in [5.41, 5.74) is 3.90. The number of carbonyl (C=O) groups excluding carboxylic acids is 3. The molecule has 0 bridgehead atoms. The van der Waals surface area contributed by atoms with Gasteiger partial charge in [-0.15, -0.1) is 0 Å². The molecule has 0 saturated carbocycles. The van der Waals surface area contributed by atoms with E-state index in [1.165, 1.54) is 4.90 Å². The van der Waals surface area contributed by atoms with Gasteiger partial charge in [-0.1, -0.05) is 72.3 Å². The zero-order valence-corrected chi connectivity index (χ0v) is 24.7. The second-order valence-electron chi connectivity index (χ2n) is 11.2. The van der Waals surface area contributed by atoms with Crippen LogP contribution in [-0.4, -0.2) is 52.7 Å². The number of ether oxygens (including phenoxy) is 1. The number of aryl methyl sites for hydroxylation is 3. The number of anilines is 1. The van der Waals surface area contributed by atoms with Crippen molar-refractivity contribution in [2.75, 3.05) is 18.5 Å². The number of hydrogen-bond donors (Lipinski definition) is 3. The predicted octanol–water partition coefficient (Wildman–Crippen LogP) is 5.25. The molecule has 0 aliphatic heterocycles. The van der Waals surface area contributed by atoms with E-state index in [0.717, 1.165) is 22.3 Å². The highest BCUT2D eigenvalue weighted by molar-refractivity contribution is 5.99. The summed E-state index contributed by atoms with van der Waals surface area (Å²) in [6.45, 7) is 10.4. The van der Waals surface area contributed by atoms with Crippen molar-refractivity contribution in [3.63, 3.8) is 0 Å². The van der Waals surface area contributed by atoms with E-state index >= 15 is 0 Å². The summed E-state index contributed by atoms with van der Waals surface area (Å²) in [5, 5.41) is 15.8. The average Bonchev–Trinajstić information content (AvgIpc) is 2.90. The minimum Gasteiger partial charge on any atom is -0.444 e. The number of hydrogen-bond acceptors (Lipinski definition) is 5. The third-order valence-corrected chi connectivity index (χ3v) is 6.59. The summed E-state index contributed by atoms with van der Waals surface area (Å²) in [7, 11) is 0. The fourth-order valence-corrected chi connectivity index (χ4v) is 4.59. The molecule has 0 aliphatic carbocycles. The molecule has 3 amide bonds. The van der Waals surface area contributed by atoms with Crippen molar-refractivity contribution >= 4 is 23.6 Å². The molecule has 3 aromatic rings. The molecule has 8 nitrogen and oxygen atoms in total. The first kappa shape index (κ1) is 31.4. The number of aliphatic hydroxyl groups is 1. The Bertz CT molecular complexity index is 1350. The van der Waals surface area contributed by atoms with E-state index in [-0.39, 0.29) is 19.6 Å². The molecule has 0 aliphatic rings. The molecule has 0 saturated heterocycles. The van der Waals surface area contributed by atoms with Gasteiger partial charge < -0.3 is 25.4 Å². The zero-order valence-electron chi connectivity index (χ0n) is 24.7. The summed E-state index contributed by atoms with van der Waals surface area (Å²) in [4.78, 5) is 42.6. The smallest absolute Gasteiger partial charge is 0.408 e. The van der Waals surface area contributed by atoms with Crippen LogP contribution in [0, 0.1) is 20.8 Å². The molecule has 8 heteroatoms. The standard InChI is InChI=1S/C33H41N3O5/c1-22-16-17-23(2)26(20-22)29(30(38)34-27-15-11-10-12-24(27)3)36(18-19-37)31(39)28(21-25-13-8-7-9-14-25)35-32(40)41-33(4,5)6/h7-17,20,28-29,37H,18-19,21H2,1-6H3,(H,34,38)(H,35,40). The normalized spacial score (nSPS) is 12.7. The second-order valence-corrected chi connectivity index (χ2v) is 11.2. The van der Waals surface area contributed by atoms with Crippen LogP contribution >= 0.6 is 0 Å². The number of benzene rings is 3. The van der Waals surface area contributed by atoms with Gasteiger partial charge in [0, 0.05) is 18.7 Å². The molecule has 0 spiro atoms. The third-order valence-electron chi connectivity index (χ3n) is 6.59. The minimum absolute atomic E-state index is 0.126. The van der Waals surface area contributed by atoms with E-state index in [1.807, 2.05) is 87.5 Å². The summed E-state index contributed by atoms with van der Waals surface area (Å²) in [5.74, 6) is -0.940. The SMILES string of the molecule is Cc1ccc(C)c(C(C(=O)Nc2ccccc2C)N(CCO)C(=O)C(Cc2ccccc2)NC(=O)OC(C)(C)C)c1. The van der Waals surface area contributed by atoms with Crippen molar-refractivity contribution in [2.24, 2.45) is 0 Å². The van der Waals surface area contributed by atoms with E-state index in [4.69, 9.17) is 4.74 Å². The molecule has 3 rings (SSSR count). The fraction of sp³-hybridized carbons (Fsp3) is 0.364. The van der Waals surface area contributed by atoms with Crippen LogP contribution in [0.3, 0.4) is 0 Å². The quantitative estimate of drug-likeness (QED) is 0.315. The summed E-state index contributed by atoms with van der Waals surface area (Å²) in [6, 6.07) is 20.3. The molecule has 2 unspecified atom stereocenters. The number of nitrogens with one attached hydrogen (secondary N) is 2. The average molecular weight is 560 g/mol. The van der Waals surface area contributed by atoms with Gasteiger partial charge in [0.05, 0.1) is 6.61 Å².